The lowest BCUT2D eigenvalue weighted by molar-refractivity contribution is 0.0935. The van der Waals surface area contributed by atoms with Crippen molar-refractivity contribution in [2.24, 2.45) is 0 Å². The Morgan fingerprint density at radius 1 is 1.39 bits per heavy atom. The number of aromatic amines is 1. The van der Waals surface area contributed by atoms with Crippen LogP contribution >= 0.6 is 0 Å². The van der Waals surface area contributed by atoms with E-state index < -0.39 is 0 Å². The molecule has 1 aromatic heterocycles. The maximum absolute atomic E-state index is 12.8. The van der Waals surface area contributed by atoms with Gasteiger partial charge in [0.05, 0.1) is 6.04 Å². The average molecular weight is 247 g/mol. The number of anilines is 1. The fraction of sp³-hybridized carbons (Fsp3) is 0.154. The second-order valence-corrected chi connectivity index (χ2v) is 4.09. The number of halogens is 1. The van der Waals surface area contributed by atoms with Gasteiger partial charge in [-0.3, -0.25) is 4.79 Å². The van der Waals surface area contributed by atoms with Crippen LogP contribution in [-0.2, 0) is 0 Å². The van der Waals surface area contributed by atoms with Gasteiger partial charge in [0, 0.05) is 11.9 Å². The third kappa shape index (κ3) is 2.68. The van der Waals surface area contributed by atoms with E-state index in [0.29, 0.717) is 11.4 Å². The standard InChI is InChI=1S/C13H14FN3O/c1-8(9-2-4-10(14)5-3-9)17-13(18)12-6-11(15)7-16-12/h2-8,16H,15H2,1H3,(H,17,18). The van der Waals surface area contributed by atoms with Crippen molar-refractivity contribution in [2.45, 2.75) is 13.0 Å². The fourth-order valence-corrected chi connectivity index (χ4v) is 1.65. The number of nitrogens with two attached hydrogens (primary N) is 1. The van der Waals surface area contributed by atoms with Gasteiger partial charge in [0.2, 0.25) is 0 Å². The molecule has 0 saturated heterocycles. The van der Waals surface area contributed by atoms with Crippen LogP contribution in [0.1, 0.15) is 29.0 Å². The van der Waals surface area contributed by atoms with Crippen LogP contribution < -0.4 is 11.1 Å². The summed E-state index contributed by atoms with van der Waals surface area (Å²) in [6.45, 7) is 1.83. The summed E-state index contributed by atoms with van der Waals surface area (Å²) in [5.41, 5.74) is 7.27. The summed E-state index contributed by atoms with van der Waals surface area (Å²) >= 11 is 0. The molecule has 1 heterocycles. The quantitative estimate of drug-likeness (QED) is 0.778. The second-order valence-electron chi connectivity index (χ2n) is 4.09. The zero-order valence-corrected chi connectivity index (χ0v) is 9.91. The van der Waals surface area contributed by atoms with Crippen molar-refractivity contribution in [3.8, 4) is 0 Å². The minimum absolute atomic E-state index is 0.206. The summed E-state index contributed by atoms with van der Waals surface area (Å²) in [6.07, 6.45) is 1.55. The number of hydrogen-bond donors (Lipinski definition) is 3. The van der Waals surface area contributed by atoms with Crippen LogP contribution in [0, 0.1) is 5.82 Å². The number of carbonyl (C=O) groups is 1. The molecule has 0 spiro atoms. The smallest absolute Gasteiger partial charge is 0.268 e. The van der Waals surface area contributed by atoms with Gasteiger partial charge in [-0.2, -0.15) is 0 Å². The first kappa shape index (κ1) is 12.2. The molecular weight excluding hydrogens is 233 g/mol. The van der Waals surface area contributed by atoms with Crippen LogP contribution in [0.5, 0.6) is 0 Å². The molecule has 5 heteroatoms. The number of aromatic nitrogens is 1. The number of carbonyl (C=O) groups excluding carboxylic acids is 1. The van der Waals surface area contributed by atoms with E-state index >= 15 is 0 Å². The molecule has 0 aliphatic rings. The Kier molecular flexibility index (Phi) is 3.32. The molecule has 2 aromatic rings. The number of benzene rings is 1. The molecule has 18 heavy (non-hydrogen) atoms. The van der Waals surface area contributed by atoms with Crippen molar-refractivity contribution in [3.63, 3.8) is 0 Å². The molecule has 0 fully saturated rings. The maximum Gasteiger partial charge on any atom is 0.268 e. The molecule has 1 unspecified atom stereocenters. The Balaban J connectivity index is 2.05. The number of rotatable bonds is 3. The first-order chi connectivity index (χ1) is 8.56. The lowest BCUT2D eigenvalue weighted by atomic mass is 10.1. The van der Waals surface area contributed by atoms with E-state index in [9.17, 15) is 9.18 Å². The predicted molar refractivity (Wildman–Crippen MR) is 67.5 cm³/mol. The predicted octanol–water partition coefficient (Wildman–Crippen LogP) is 2.23. The molecule has 0 aliphatic heterocycles. The van der Waals surface area contributed by atoms with Crippen molar-refractivity contribution in [1.82, 2.24) is 10.3 Å². The zero-order chi connectivity index (χ0) is 13.1. The fourth-order valence-electron chi connectivity index (χ4n) is 1.65. The summed E-state index contributed by atoms with van der Waals surface area (Å²) in [5.74, 6) is -0.544. The normalized spacial score (nSPS) is 12.1. The van der Waals surface area contributed by atoms with Crippen molar-refractivity contribution in [2.75, 3.05) is 5.73 Å². The van der Waals surface area contributed by atoms with E-state index in [2.05, 4.69) is 10.3 Å². The van der Waals surface area contributed by atoms with Gasteiger partial charge in [-0.15, -0.1) is 0 Å². The van der Waals surface area contributed by atoms with Crippen molar-refractivity contribution >= 4 is 11.6 Å². The monoisotopic (exact) mass is 247 g/mol. The van der Waals surface area contributed by atoms with Gasteiger partial charge in [-0.25, -0.2) is 4.39 Å². The molecule has 0 saturated carbocycles. The number of nitrogen functional groups attached to an aromatic ring is 1. The first-order valence-corrected chi connectivity index (χ1v) is 5.56. The highest BCUT2D eigenvalue weighted by molar-refractivity contribution is 5.93. The van der Waals surface area contributed by atoms with E-state index in [1.54, 1.807) is 24.4 Å². The highest BCUT2D eigenvalue weighted by Gasteiger charge is 2.12. The molecule has 4 N–H and O–H groups in total. The Morgan fingerprint density at radius 3 is 2.61 bits per heavy atom. The Labute approximate surface area is 104 Å². The summed E-state index contributed by atoms with van der Waals surface area (Å²) in [5, 5.41) is 2.80. The second kappa shape index (κ2) is 4.91. The van der Waals surface area contributed by atoms with Crippen molar-refractivity contribution in [1.29, 1.82) is 0 Å². The lowest BCUT2D eigenvalue weighted by Crippen LogP contribution is -2.26. The number of amides is 1. The largest absolute Gasteiger partial charge is 0.397 e. The van der Waals surface area contributed by atoms with Crippen LogP contribution in [0.25, 0.3) is 0 Å². The van der Waals surface area contributed by atoms with Crippen LogP contribution in [0.4, 0.5) is 10.1 Å². The van der Waals surface area contributed by atoms with E-state index in [1.807, 2.05) is 6.92 Å². The molecule has 4 nitrogen and oxygen atoms in total. The van der Waals surface area contributed by atoms with Crippen LogP contribution in [0.2, 0.25) is 0 Å². The summed E-state index contributed by atoms with van der Waals surface area (Å²) in [7, 11) is 0. The first-order valence-electron chi connectivity index (χ1n) is 5.56. The SMILES string of the molecule is CC(NC(=O)c1cc(N)c[nH]1)c1ccc(F)cc1. The van der Waals surface area contributed by atoms with E-state index in [4.69, 9.17) is 5.73 Å². The van der Waals surface area contributed by atoms with Crippen LogP contribution in [0.3, 0.4) is 0 Å². The molecular formula is C13H14FN3O. The third-order valence-electron chi connectivity index (χ3n) is 2.67. The highest BCUT2D eigenvalue weighted by Crippen LogP contribution is 2.14. The molecule has 1 aromatic carbocycles. The van der Waals surface area contributed by atoms with Gasteiger partial charge in [-0.1, -0.05) is 12.1 Å². The Hall–Kier alpha value is -2.30. The molecule has 0 radical (unpaired) electrons. The summed E-state index contributed by atoms with van der Waals surface area (Å²) in [4.78, 5) is 14.6. The molecule has 0 bridgehead atoms. The van der Waals surface area contributed by atoms with Gasteiger partial charge < -0.3 is 16.0 Å². The van der Waals surface area contributed by atoms with Crippen molar-refractivity contribution < 1.29 is 9.18 Å². The Bertz CT molecular complexity index is 548. The van der Waals surface area contributed by atoms with Gasteiger partial charge in [-0.05, 0) is 30.7 Å². The molecule has 94 valence electrons. The zero-order valence-electron chi connectivity index (χ0n) is 9.91. The van der Waals surface area contributed by atoms with Gasteiger partial charge in [0.25, 0.3) is 5.91 Å². The summed E-state index contributed by atoms with van der Waals surface area (Å²) < 4.78 is 12.8. The third-order valence-corrected chi connectivity index (χ3v) is 2.67. The van der Waals surface area contributed by atoms with Crippen molar-refractivity contribution in [3.05, 3.63) is 53.6 Å². The average Bonchev–Trinajstić information content (AvgIpc) is 2.76. The topological polar surface area (TPSA) is 70.9 Å². The molecule has 0 aliphatic carbocycles. The van der Waals surface area contributed by atoms with Gasteiger partial charge in [0.15, 0.2) is 0 Å². The van der Waals surface area contributed by atoms with Gasteiger partial charge in [0.1, 0.15) is 11.5 Å². The minimum atomic E-state index is -0.297. The number of nitrogens with one attached hydrogen (secondary N) is 2. The number of hydrogen-bond acceptors (Lipinski definition) is 2. The molecule has 1 amide bonds. The van der Waals surface area contributed by atoms with Crippen LogP contribution in [-0.4, -0.2) is 10.9 Å². The summed E-state index contributed by atoms with van der Waals surface area (Å²) in [6, 6.07) is 7.37. The number of H-pyrrole nitrogens is 1. The Morgan fingerprint density at radius 2 is 2.06 bits per heavy atom. The lowest BCUT2D eigenvalue weighted by Gasteiger charge is -2.13. The molecule has 2 rings (SSSR count). The minimum Gasteiger partial charge on any atom is -0.397 e. The highest BCUT2D eigenvalue weighted by atomic mass is 19.1. The van der Waals surface area contributed by atoms with Crippen LogP contribution in [0.15, 0.2) is 36.5 Å². The molecule has 1 atom stereocenters. The van der Waals surface area contributed by atoms with E-state index in [0.717, 1.165) is 5.56 Å². The maximum atomic E-state index is 12.8. The van der Waals surface area contributed by atoms with Gasteiger partial charge >= 0.3 is 0 Å². The van der Waals surface area contributed by atoms with E-state index in [-0.39, 0.29) is 17.8 Å². The van der Waals surface area contributed by atoms with E-state index in [1.165, 1.54) is 12.1 Å².